The second kappa shape index (κ2) is 5.28. The van der Waals surface area contributed by atoms with Crippen LogP contribution < -0.4 is 5.32 Å². The van der Waals surface area contributed by atoms with E-state index in [-0.39, 0.29) is 0 Å². The third kappa shape index (κ3) is 2.64. The average Bonchev–Trinajstić information content (AvgIpc) is 2.86. The van der Waals surface area contributed by atoms with Crippen LogP contribution in [0.5, 0.6) is 0 Å². The van der Waals surface area contributed by atoms with Crippen molar-refractivity contribution in [2.24, 2.45) is 11.8 Å². The average molecular weight is 238 g/mol. The highest BCUT2D eigenvalue weighted by molar-refractivity contribution is 7.09. The van der Waals surface area contributed by atoms with Gasteiger partial charge in [0.15, 0.2) is 0 Å². The number of hydrogen-bond donors (Lipinski definition) is 1. The molecule has 0 radical (unpaired) electrons. The highest BCUT2D eigenvalue weighted by Crippen LogP contribution is 2.31. The Hall–Kier alpha value is -0.410. The van der Waals surface area contributed by atoms with Crippen molar-refractivity contribution in [1.29, 1.82) is 0 Å². The summed E-state index contributed by atoms with van der Waals surface area (Å²) in [6.07, 6.45) is 3.75. The van der Waals surface area contributed by atoms with Crippen LogP contribution in [-0.4, -0.2) is 11.0 Å². The molecule has 0 aromatic carbocycles. The van der Waals surface area contributed by atoms with Crippen LogP contribution >= 0.6 is 11.3 Å². The lowest BCUT2D eigenvalue weighted by molar-refractivity contribution is 0.369. The molecule has 3 atom stereocenters. The predicted molar refractivity (Wildman–Crippen MR) is 69.7 cm³/mol. The Morgan fingerprint density at radius 1 is 1.44 bits per heavy atom. The summed E-state index contributed by atoms with van der Waals surface area (Å²) >= 11 is 1.78. The summed E-state index contributed by atoms with van der Waals surface area (Å²) in [6, 6.07) is 0.696. The van der Waals surface area contributed by atoms with E-state index >= 15 is 0 Å². The minimum Gasteiger partial charge on any atom is -0.308 e. The summed E-state index contributed by atoms with van der Waals surface area (Å²) in [4.78, 5) is 4.59. The minimum atomic E-state index is 0.696. The van der Waals surface area contributed by atoms with Gasteiger partial charge >= 0.3 is 0 Å². The lowest BCUT2D eigenvalue weighted by Gasteiger charge is -2.19. The van der Waals surface area contributed by atoms with Gasteiger partial charge in [0.2, 0.25) is 0 Å². The molecule has 1 aliphatic carbocycles. The van der Waals surface area contributed by atoms with Crippen molar-refractivity contribution in [3.8, 4) is 0 Å². The van der Waals surface area contributed by atoms with Gasteiger partial charge in [-0.2, -0.15) is 0 Å². The molecular weight excluding hydrogens is 216 g/mol. The van der Waals surface area contributed by atoms with Crippen molar-refractivity contribution in [2.75, 3.05) is 0 Å². The normalized spacial score (nSPS) is 29.8. The van der Waals surface area contributed by atoms with E-state index in [0.717, 1.165) is 24.8 Å². The Morgan fingerprint density at radius 2 is 2.25 bits per heavy atom. The summed E-state index contributed by atoms with van der Waals surface area (Å²) in [5.74, 6) is 1.68. The minimum absolute atomic E-state index is 0.696. The number of hydrogen-bond acceptors (Lipinski definition) is 3. The fourth-order valence-electron chi connectivity index (χ4n) is 2.48. The molecule has 3 heteroatoms. The summed E-state index contributed by atoms with van der Waals surface area (Å²) in [6.45, 7) is 7.84. The predicted octanol–water partition coefficient (Wildman–Crippen LogP) is 3.23. The van der Waals surface area contributed by atoms with Gasteiger partial charge in [-0.3, -0.25) is 0 Å². The molecule has 3 unspecified atom stereocenters. The van der Waals surface area contributed by atoms with E-state index in [4.69, 9.17) is 0 Å². The summed E-state index contributed by atoms with van der Waals surface area (Å²) in [5, 5.41) is 7.10. The van der Waals surface area contributed by atoms with Crippen LogP contribution in [0.4, 0.5) is 0 Å². The zero-order chi connectivity index (χ0) is 11.5. The first-order valence-corrected chi connectivity index (χ1v) is 7.25. The van der Waals surface area contributed by atoms with Gasteiger partial charge in [-0.1, -0.05) is 20.8 Å². The molecule has 0 spiro atoms. The van der Waals surface area contributed by atoms with Gasteiger partial charge < -0.3 is 5.32 Å². The van der Waals surface area contributed by atoms with E-state index in [1.807, 2.05) is 0 Å². The molecule has 1 saturated carbocycles. The Kier molecular flexibility index (Phi) is 3.98. The van der Waals surface area contributed by atoms with Crippen LogP contribution in [0.3, 0.4) is 0 Å². The van der Waals surface area contributed by atoms with Gasteiger partial charge in [0.05, 0.1) is 10.7 Å². The Labute approximate surface area is 102 Å². The zero-order valence-electron chi connectivity index (χ0n) is 10.5. The second-order valence-corrected chi connectivity index (χ2v) is 5.93. The zero-order valence-corrected chi connectivity index (χ0v) is 11.3. The largest absolute Gasteiger partial charge is 0.308 e. The lowest BCUT2D eigenvalue weighted by atomic mass is 9.98. The fraction of sp³-hybridized carbons (Fsp3) is 0.769. The third-order valence-corrected chi connectivity index (χ3v) is 4.95. The smallest absolute Gasteiger partial charge is 0.0926 e. The van der Waals surface area contributed by atoms with Crippen LogP contribution in [0.2, 0.25) is 0 Å². The number of nitrogens with one attached hydrogen (secondary N) is 1. The highest BCUT2D eigenvalue weighted by atomic mass is 32.1. The van der Waals surface area contributed by atoms with Crippen LogP contribution in [0.15, 0.2) is 5.38 Å². The van der Waals surface area contributed by atoms with Crippen molar-refractivity contribution in [3.63, 3.8) is 0 Å². The van der Waals surface area contributed by atoms with E-state index < -0.39 is 0 Å². The molecule has 0 aliphatic heterocycles. The monoisotopic (exact) mass is 238 g/mol. The quantitative estimate of drug-likeness (QED) is 0.871. The van der Waals surface area contributed by atoms with Crippen LogP contribution in [0, 0.1) is 11.8 Å². The van der Waals surface area contributed by atoms with Crippen molar-refractivity contribution in [3.05, 3.63) is 16.1 Å². The van der Waals surface area contributed by atoms with E-state index in [1.165, 1.54) is 23.5 Å². The summed E-state index contributed by atoms with van der Waals surface area (Å²) in [5.41, 5.74) is 1.22. The Bertz CT molecular complexity index is 334. The molecule has 1 aromatic heterocycles. The van der Waals surface area contributed by atoms with Crippen molar-refractivity contribution in [1.82, 2.24) is 10.3 Å². The van der Waals surface area contributed by atoms with Gasteiger partial charge in [0.1, 0.15) is 0 Å². The fourth-order valence-corrected chi connectivity index (χ4v) is 3.23. The highest BCUT2D eigenvalue weighted by Gasteiger charge is 2.29. The van der Waals surface area contributed by atoms with Gasteiger partial charge in [-0.15, -0.1) is 11.3 Å². The lowest BCUT2D eigenvalue weighted by Crippen LogP contribution is -2.31. The first-order valence-electron chi connectivity index (χ1n) is 6.37. The third-order valence-electron chi connectivity index (χ3n) is 3.91. The molecule has 0 saturated heterocycles. The van der Waals surface area contributed by atoms with Crippen LogP contribution in [0.1, 0.15) is 44.3 Å². The van der Waals surface area contributed by atoms with Crippen molar-refractivity contribution < 1.29 is 0 Å². The van der Waals surface area contributed by atoms with Gasteiger partial charge in [-0.25, -0.2) is 4.98 Å². The van der Waals surface area contributed by atoms with E-state index in [1.54, 1.807) is 11.3 Å². The topological polar surface area (TPSA) is 24.9 Å². The standard InChI is InChI=1S/C13H22N2S/c1-4-13-15-11(8-16-13)7-14-12-6-5-9(2)10(12)3/h8-10,12,14H,4-7H2,1-3H3. The molecule has 1 aromatic rings. The Morgan fingerprint density at radius 3 is 2.81 bits per heavy atom. The number of thiazole rings is 1. The number of aryl methyl sites for hydroxylation is 1. The molecule has 1 fully saturated rings. The van der Waals surface area contributed by atoms with E-state index in [9.17, 15) is 0 Å². The second-order valence-electron chi connectivity index (χ2n) is 4.99. The van der Waals surface area contributed by atoms with Gasteiger partial charge in [0.25, 0.3) is 0 Å². The molecule has 2 rings (SSSR count). The SMILES string of the molecule is CCc1nc(CNC2CCC(C)C2C)cs1. The van der Waals surface area contributed by atoms with Crippen molar-refractivity contribution in [2.45, 2.75) is 52.6 Å². The molecule has 0 bridgehead atoms. The van der Waals surface area contributed by atoms with E-state index in [0.29, 0.717) is 6.04 Å². The number of rotatable bonds is 4. The molecule has 1 N–H and O–H groups in total. The maximum atomic E-state index is 4.59. The summed E-state index contributed by atoms with van der Waals surface area (Å²) < 4.78 is 0. The number of nitrogens with zero attached hydrogens (tertiary/aromatic N) is 1. The van der Waals surface area contributed by atoms with Gasteiger partial charge in [0, 0.05) is 18.0 Å². The van der Waals surface area contributed by atoms with E-state index in [2.05, 4.69) is 36.5 Å². The van der Waals surface area contributed by atoms with Crippen LogP contribution in [0.25, 0.3) is 0 Å². The Balaban J connectivity index is 1.83. The maximum Gasteiger partial charge on any atom is 0.0926 e. The van der Waals surface area contributed by atoms with Gasteiger partial charge in [-0.05, 0) is 31.1 Å². The first kappa shape index (κ1) is 12.1. The van der Waals surface area contributed by atoms with Crippen LogP contribution in [-0.2, 0) is 13.0 Å². The summed E-state index contributed by atoms with van der Waals surface area (Å²) in [7, 11) is 0. The number of aromatic nitrogens is 1. The molecule has 0 amide bonds. The maximum absolute atomic E-state index is 4.59. The molecule has 90 valence electrons. The van der Waals surface area contributed by atoms with Crippen molar-refractivity contribution >= 4 is 11.3 Å². The molecule has 16 heavy (non-hydrogen) atoms. The molecule has 1 heterocycles. The molecular formula is C13H22N2S. The molecule has 1 aliphatic rings. The first-order chi connectivity index (χ1) is 7.70. The molecule has 2 nitrogen and oxygen atoms in total.